The summed E-state index contributed by atoms with van der Waals surface area (Å²) in [5, 5.41) is 3.33. The fourth-order valence-corrected chi connectivity index (χ4v) is 5.80. The second-order valence-corrected chi connectivity index (χ2v) is 12.4. The molecule has 0 unspecified atom stereocenters. The standard InChI is InChI=1S/C30H36ClN3O4S/c1-21(2)18-32-30(36)24(5)33(19-25-11-9-10-14-28(25)31)29(35)20-34(26-16-22(3)15-23(4)17-26)39(37,38)27-12-7-6-8-13-27/h6-17,21,24H,18-20H2,1-5H3,(H,32,36)/t24-/m1/s1. The number of hydrogen-bond donors (Lipinski definition) is 1. The van der Waals surface area contributed by atoms with Crippen LogP contribution in [-0.4, -0.2) is 44.3 Å². The molecule has 2 amide bonds. The normalized spacial score (nSPS) is 12.2. The summed E-state index contributed by atoms with van der Waals surface area (Å²) in [5.41, 5.74) is 2.75. The first-order valence-electron chi connectivity index (χ1n) is 12.9. The van der Waals surface area contributed by atoms with Crippen molar-refractivity contribution in [3.05, 3.63) is 94.5 Å². The minimum absolute atomic E-state index is 0.0425. The van der Waals surface area contributed by atoms with Gasteiger partial charge in [0.1, 0.15) is 12.6 Å². The van der Waals surface area contributed by atoms with Crippen LogP contribution in [0.2, 0.25) is 5.02 Å². The number of nitrogens with one attached hydrogen (secondary N) is 1. The lowest BCUT2D eigenvalue weighted by Crippen LogP contribution is -2.51. The van der Waals surface area contributed by atoms with Crippen molar-refractivity contribution in [1.82, 2.24) is 10.2 Å². The van der Waals surface area contributed by atoms with E-state index in [-0.39, 0.29) is 23.3 Å². The van der Waals surface area contributed by atoms with Crippen LogP contribution in [0.1, 0.15) is 37.5 Å². The van der Waals surface area contributed by atoms with Crippen molar-refractivity contribution >= 4 is 39.1 Å². The third kappa shape index (κ3) is 7.83. The molecule has 3 aromatic rings. The highest BCUT2D eigenvalue weighted by molar-refractivity contribution is 7.92. The summed E-state index contributed by atoms with van der Waals surface area (Å²) in [6.07, 6.45) is 0. The minimum Gasteiger partial charge on any atom is -0.354 e. The highest BCUT2D eigenvalue weighted by atomic mass is 35.5. The molecule has 0 aliphatic carbocycles. The average molecular weight is 570 g/mol. The Morgan fingerprint density at radius 2 is 1.49 bits per heavy atom. The van der Waals surface area contributed by atoms with E-state index < -0.39 is 28.5 Å². The maximum Gasteiger partial charge on any atom is 0.264 e. The molecule has 3 aromatic carbocycles. The zero-order valence-corrected chi connectivity index (χ0v) is 24.6. The van der Waals surface area contributed by atoms with Crippen molar-refractivity contribution in [1.29, 1.82) is 0 Å². The first-order valence-corrected chi connectivity index (χ1v) is 14.7. The number of aryl methyl sites for hydroxylation is 2. The Kier molecular flexibility index (Phi) is 10.2. The van der Waals surface area contributed by atoms with Gasteiger partial charge in [0, 0.05) is 18.1 Å². The first-order chi connectivity index (χ1) is 18.4. The monoisotopic (exact) mass is 569 g/mol. The van der Waals surface area contributed by atoms with Gasteiger partial charge in [0.05, 0.1) is 10.6 Å². The molecule has 0 aromatic heterocycles. The molecule has 1 N–H and O–H groups in total. The summed E-state index contributed by atoms with van der Waals surface area (Å²) in [6, 6.07) is 19.6. The topological polar surface area (TPSA) is 86.8 Å². The van der Waals surface area contributed by atoms with E-state index in [9.17, 15) is 18.0 Å². The van der Waals surface area contributed by atoms with E-state index in [1.54, 1.807) is 61.5 Å². The van der Waals surface area contributed by atoms with Crippen LogP contribution in [0.3, 0.4) is 0 Å². The maximum absolute atomic E-state index is 14.0. The molecule has 39 heavy (non-hydrogen) atoms. The molecule has 0 heterocycles. The molecule has 9 heteroatoms. The fraction of sp³-hybridized carbons (Fsp3) is 0.333. The first kappa shape index (κ1) is 30.2. The van der Waals surface area contributed by atoms with Gasteiger partial charge in [0.2, 0.25) is 11.8 Å². The lowest BCUT2D eigenvalue weighted by Gasteiger charge is -2.32. The molecule has 0 fully saturated rings. The van der Waals surface area contributed by atoms with Gasteiger partial charge in [-0.05, 0) is 73.7 Å². The van der Waals surface area contributed by atoms with Gasteiger partial charge in [0.25, 0.3) is 10.0 Å². The molecule has 0 spiro atoms. The van der Waals surface area contributed by atoms with Crippen molar-refractivity contribution < 1.29 is 18.0 Å². The van der Waals surface area contributed by atoms with Crippen molar-refractivity contribution in [3.8, 4) is 0 Å². The minimum atomic E-state index is -4.11. The van der Waals surface area contributed by atoms with Crippen LogP contribution in [0.25, 0.3) is 0 Å². The molecular formula is C30H36ClN3O4S. The second-order valence-electron chi connectivity index (χ2n) is 10.1. The van der Waals surface area contributed by atoms with E-state index in [4.69, 9.17) is 11.6 Å². The summed E-state index contributed by atoms with van der Waals surface area (Å²) in [4.78, 5) is 28.5. The zero-order valence-electron chi connectivity index (χ0n) is 23.0. The van der Waals surface area contributed by atoms with Gasteiger partial charge in [0.15, 0.2) is 0 Å². The van der Waals surface area contributed by atoms with E-state index in [0.717, 1.165) is 15.4 Å². The number of carbonyl (C=O) groups is 2. The summed E-state index contributed by atoms with van der Waals surface area (Å²) in [6.45, 7) is 9.34. The van der Waals surface area contributed by atoms with Gasteiger partial charge in [-0.1, -0.05) is 67.9 Å². The molecule has 0 aliphatic heterocycles. The zero-order chi connectivity index (χ0) is 28.7. The van der Waals surface area contributed by atoms with Gasteiger partial charge in [-0.3, -0.25) is 13.9 Å². The van der Waals surface area contributed by atoms with Gasteiger partial charge >= 0.3 is 0 Å². The van der Waals surface area contributed by atoms with E-state index in [0.29, 0.717) is 22.8 Å². The Balaban J connectivity index is 2.04. The Hall–Kier alpha value is -3.36. The van der Waals surface area contributed by atoms with E-state index in [2.05, 4.69) is 5.32 Å². The van der Waals surface area contributed by atoms with Crippen LogP contribution >= 0.6 is 11.6 Å². The highest BCUT2D eigenvalue weighted by Crippen LogP contribution is 2.27. The number of benzene rings is 3. The predicted octanol–water partition coefficient (Wildman–Crippen LogP) is 5.34. The molecule has 0 bridgehead atoms. The number of hydrogen-bond acceptors (Lipinski definition) is 4. The Morgan fingerprint density at radius 1 is 0.897 bits per heavy atom. The second kappa shape index (κ2) is 13.1. The summed E-state index contributed by atoms with van der Waals surface area (Å²) in [5.74, 6) is -0.626. The largest absolute Gasteiger partial charge is 0.354 e. The average Bonchev–Trinajstić information content (AvgIpc) is 2.89. The number of carbonyl (C=O) groups excluding carboxylic acids is 2. The Labute approximate surface area is 236 Å². The van der Waals surface area contributed by atoms with Crippen molar-refractivity contribution in [3.63, 3.8) is 0 Å². The summed E-state index contributed by atoms with van der Waals surface area (Å²) >= 11 is 6.40. The van der Waals surface area contributed by atoms with Crippen LogP contribution in [0.15, 0.2) is 77.7 Å². The van der Waals surface area contributed by atoms with Crippen LogP contribution < -0.4 is 9.62 Å². The van der Waals surface area contributed by atoms with Gasteiger partial charge in [-0.25, -0.2) is 8.42 Å². The molecule has 0 aliphatic rings. The number of anilines is 1. The molecule has 3 rings (SSSR count). The molecule has 0 radical (unpaired) electrons. The van der Waals surface area contributed by atoms with Crippen LogP contribution in [0.5, 0.6) is 0 Å². The quantitative estimate of drug-likeness (QED) is 0.338. The number of rotatable bonds is 11. The SMILES string of the molecule is Cc1cc(C)cc(N(CC(=O)N(Cc2ccccc2Cl)[C@H](C)C(=O)NCC(C)C)S(=O)(=O)c2ccccc2)c1. The number of sulfonamides is 1. The fourth-order valence-electron chi connectivity index (χ4n) is 4.19. The molecule has 1 atom stereocenters. The highest BCUT2D eigenvalue weighted by Gasteiger charge is 2.33. The van der Waals surface area contributed by atoms with E-state index in [1.807, 2.05) is 33.8 Å². The lowest BCUT2D eigenvalue weighted by atomic mass is 10.1. The number of nitrogens with zero attached hydrogens (tertiary/aromatic N) is 2. The maximum atomic E-state index is 14.0. The molecule has 208 valence electrons. The smallest absolute Gasteiger partial charge is 0.264 e. The number of amides is 2. The summed E-state index contributed by atoms with van der Waals surface area (Å²) < 4.78 is 28.8. The van der Waals surface area contributed by atoms with Gasteiger partial charge < -0.3 is 10.2 Å². The summed E-state index contributed by atoms with van der Waals surface area (Å²) in [7, 11) is -4.11. The lowest BCUT2D eigenvalue weighted by molar-refractivity contribution is -0.139. The molecule has 0 saturated carbocycles. The van der Waals surface area contributed by atoms with Crippen molar-refractivity contribution in [2.75, 3.05) is 17.4 Å². The predicted molar refractivity (Wildman–Crippen MR) is 156 cm³/mol. The molecule has 0 saturated heterocycles. The third-order valence-electron chi connectivity index (χ3n) is 6.25. The molecule has 7 nitrogen and oxygen atoms in total. The van der Waals surface area contributed by atoms with Gasteiger partial charge in [-0.2, -0.15) is 0 Å². The van der Waals surface area contributed by atoms with Crippen LogP contribution in [0.4, 0.5) is 5.69 Å². The van der Waals surface area contributed by atoms with Crippen LogP contribution in [0, 0.1) is 19.8 Å². The van der Waals surface area contributed by atoms with E-state index >= 15 is 0 Å². The van der Waals surface area contributed by atoms with Crippen molar-refractivity contribution in [2.45, 2.75) is 52.1 Å². The van der Waals surface area contributed by atoms with Crippen molar-refractivity contribution in [2.24, 2.45) is 5.92 Å². The number of halogens is 1. The van der Waals surface area contributed by atoms with Crippen LogP contribution in [-0.2, 0) is 26.2 Å². The van der Waals surface area contributed by atoms with Gasteiger partial charge in [-0.15, -0.1) is 0 Å². The van der Waals surface area contributed by atoms with E-state index in [1.165, 1.54) is 17.0 Å². The third-order valence-corrected chi connectivity index (χ3v) is 8.41. The Morgan fingerprint density at radius 3 is 2.08 bits per heavy atom. The molecular weight excluding hydrogens is 534 g/mol. The Bertz CT molecular complexity index is 1390.